The number of carboxylic acid groups (broad SMARTS) is 1. The van der Waals surface area contributed by atoms with Gasteiger partial charge in [-0.15, -0.1) is 0 Å². The van der Waals surface area contributed by atoms with Gasteiger partial charge in [-0.25, -0.2) is 9.78 Å². The number of carboxylic acids is 1. The van der Waals surface area contributed by atoms with Crippen LogP contribution in [0.25, 0.3) is 0 Å². The average molecular weight is 328 g/mol. The second-order valence-electron chi connectivity index (χ2n) is 3.96. The largest absolute Gasteiger partial charge is 0.475 e. The summed E-state index contributed by atoms with van der Waals surface area (Å²) >= 11 is 11.6. The molecule has 1 heterocycles. The van der Waals surface area contributed by atoms with Crippen LogP contribution in [0, 0.1) is 0 Å². The van der Waals surface area contributed by atoms with Gasteiger partial charge < -0.3 is 14.6 Å². The van der Waals surface area contributed by atoms with Gasteiger partial charge in [0.1, 0.15) is 5.75 Å². The van der Waals surface area contributed by atoms with Gasteiger partial charge in [0.05, 0.1) is 0 Å². The highest BCUT2D eigenvalue weighted by Crippen LogP contribution is 2.30. The highest BCUT2D eigenvalue weighted by molar-refractivity contribution is 6.46. The van der Waals surface area contributed by atoms with Crippen molar-refractivity contribution in [2.75, 3.05) is 0 Å². The monoisotopic (exact) mass is 327 g/mol. The van der Waals surface area contributed by atoms with Gasteiger partial charge in [0.2, 0.25) is 5.88 Å². The van der Waals surface area contributed by atoms with E-state index in [4.69, 9.17) is 32.7 Å². The summed E-state index contributed by atoms with van der Waals surface area (Å²) in [5, 5.41) is 9.47. The zero-order valence-corrected chi connectivity index (χ0v) is 12.2. The highest BCUT2D eigenvalue weighted by atomic mass is 35.5. The highest BCUT2D eigenvalue weighted by Gasteiger charge is 2.51. The van der Waals surface area contributed by atoms with Gasteiger partial charge in [0.25, 0.3) is 0 Å². The number of benzene rings is 1. The van der Waals surface area contributed by atoms with Crippen LogP contribution in [0.2, 0.25) is 0 Å². The molecule has 0 aliphatic rings. The Morgan fingerprint density at radius 3 is 2.29 bits per heavy atom. The van der Waals surface area contributed by atoms with Crippen LogP contribution in [0.1, 0.15) is 0 Å². The van der Waals surface area contributed by atoms with Gasteiger partial charge in [-0.1, -0.05) is 47.5 Å². The van der Waals surface area contributed by atoms with Crippen LogP contribution in [0.5, 0.6) is 11.6 Å². The molecule has 5 nitrogen and oxygen atoms in total. The van der Waals surface area contributed by atoms with Gasteiger partial charge >= 0.3 is 11.8 Å². The van der Waals surface area contributed by atoms with E-state index in [1.807, 2.05) is 0 Å². The van der Waals surface area contributed by atoms with Gasteiger partial charge in [0.15, 0.2) is 4.84 Å². The number of halogens is 2. The minimum absolute atomic E-state index is 0.0298. The Hall–Kier alpha value is -1.98. The molecule has 110 valence electrons. The van der Waals surface area contributed by atoms with Crippen molar-refractivity contribution in [2.24, 2.45) is 0 Å². The summed E-state index contributed by atoms with van der Waals surface area (Å²) < 4.78 is 10.7. The first kappa shape index (κ1) is 15.4. The molecule has 1 unspecified atom stereocenters. The van der Waals surface area contributed by atoms with E-state index in [-0.39, 0.29) is 11.6 Å². The van der Waals surface area contributed by atoms with Crippen LogP contribution in [0.3, 0.4) is 0 Å². The third kappa shape index (κ3) is 3.56. The van der Waals surface area contributed by atoms with Crippen LogP contribution >= 0.6 is 23.2 Å². The molecule has 0 saturated heterocycles. The normalized spacial score (nSPS) is 13.5. The second kappa shape index (κ2) is 6.65. The van der Waals surface area contributed by atoms with E-state index in [1.54, 1.807) is 42.5 Å². The van der Waals surface area contributed by atoms with Crippen LogP contribution in [-0.2, 0) is 4.79 Å². The maximum Gasteiger partial charge on any atom is 0.393 e. The molecule has 1 N–H and O–H groups in total. The molecule has 2 rings (SSSR count). The molecule has 0 aliphatic carbocycles. The van der Waals surface area contributed by atoms with E-state index in [0.29, 0.717) is 0 Å². The average Bonchev–Trinajstić information content (AvgIpc) is 2.48. The first-order valence-corrected chi connectivity index (χ1v) is 6.77. The Morgan fingerprint density at radius 2 is 1.76 bits per heavy atom. The fraction of sp³-hybridized carbons (Fsp3) is 0.143. The summed E-state index contributed by atoms with van der Waals surface area (Å²) in [6, 6.07) is 13.0. The zero-order valence-electron chi connectivity index (χ0n) is 10.6. The summed E-state index contributed by atoms with van der Waals surface area (Å²) in [6.45, 7) is 0. The van der Waals surface area contributed by atoms with E-state index < -0.39 is 16.6 Å². The SMILES string of the molecule is O=C(O)C(Oc1ccccc1)(Oc1ccccn1)C(Cl)Cl. The fourth-order valence-electron chi connectivity index (χ4n) is 1.52. The van der Waals surface area contributed by atoms with Crippen molar-refractivity contribution >= 4 is 29.2 Å². The van der Waals surface area contributed by atoms with E-state index >= 15 is 0 Å². The van der Waals surface area contributed by atoms with E-state index in [9.17, 15) is 9.90 Å². The molecule has 0 amide bonds. The number of pyridine rings is 1. The molecular weight excluding hydrogens is 317 g/mol. The van der Waals surface area contributed by atoms with Gasteiger partial charge in [-0.2, -0.15) is 0 Å². The van der Waals surface area contributed by atoms with Crippen molar-refractivity contribution in [3.8, 4) is 11.6 Å². The Balaban J connectivity index is 2.36. The Kier molecular flexibility index (Phi) is 4.88. The first-order chi connectivity index (χ1) is 10.0. The summed E-state index contributed by atoms with van der Waals surface area (Å²) in [6.07, 6.45) is 1.45. The lowest BCUT2D eigenvalue weighted by atomic mass is 10.3. The van der Waals surface area contributed by atoms with E-state index in [1.165, 1.54) is 12.3 Å². The maximum absolute atomic E-state index is 11.6. The molecule has 0 saturated carbocycles. The Labute approximate surface area is 131 Å². The molecule has 1 aromatic carbocycles. The summed E-state index contributed by atoms with van der Waals surface area (Å²) in [7, 11) is 0. The van der Waals surface area contributed by atoms with Crippen molar-refractivity contribution in [2.45, 2.75) is 10.6 Å². The minimum atomic E-state index is -2.31. The molecule has 0 spiro atoms. The Morgan fingerprint density at radius 1 is 1.10 bits per heavy atom. The number of alkyl halides is 2. The Bertz CT molecular complexity index is 551. The molecule has 7 heteroatoms. The number of hydrogen-bond donors (Lipinski definition) is 1. The van der Waals surface area contributed by atoms with Gasteiger partial charge in [-0.05, 0) is 18.2 Å². The maximum atomic E-state index is 11.6. The minimum Gasteiger partial charge on any atom is -0.475 e. The van der Waals surface area contributed by atoms with Gasteiger partial charge in [-0.3, -0.25) is 0 Å². The summed E-state index contributed by atoms with van der Waals surface area (Å²) in [5.41, 5.74) is 0. The van der Waals surface area contributed by atoms with Crippen LogP contribution < -0.4 is 9.47 Å². The lowest BCUT2D eigenvalue weighted by molar-refractivity contribution is -0.182. The third-order valence-corrected chi connectivity index (χ3v) is 3.07. The lowest BCUT2D eigenvalue weighted by Gasteiger charge is -2.30. The van der Waals surface area contributed by atoms with E-state index in [0.717, 1.165) is 0 Å². The van der Waals surface area contributed by atoms with Crippen molar-refractivity contribution in [1.82, 2.24) is 4.98 Å². The fourth-order valence-corrected chi connectivity index (χ4v) is 1.88. The molecule has 2 aromatic rings. The number of aromatic nitrogens is 1. The number of carbonyl (C=O) groups is 1. The van der Waals surface area contributed by atoms with Crippen molar-refractivity contribution < 1.29 is 19.4 Å². The summed E-state index contributed by atoms with van der Waals surface area (Å²) in [5.74, 6) is -3.49. The molecular formula is C14H11Cl2NO4. The summed E-state index contributed by atoms with van der Waals surface area (Å²) in [4.78, 5) is 14.0. The number of ether oxygens (including phenoxy) is 2. The van der Waals surface area contributed by atoms with E-state index in [2.05, 4.69) is 4.98 Å². The van der Waals surface area contributed by atoms with Gasteiger partial charge in [0, 0.05) is 12.3 Å². The number of rotatable bonds is 6. The van der Waals surface area contributed by atoms with Crippen LogP contribution in [0.15, 0.2) is 54.7 Å². The van der Waals surface area contributed by atoms with Crippen molar-refractivity contribution in [3.63, 3.8) is 0 Å². The van der Waals surface area contributed by atoms with Crippen molar-refractivity contribution in [1.29, 1.82) is 0 Å². The standard InChI is InChI=1S/C14H11Cl2NO4/c15-12(16)14(13(18)19,20-10-6-2-1-3-7-10)21-11-8-4-5-9-17-11/h1-9,12H,(H,18,19). The number of para-hydroxylation sites is 1. The smallest absolute Gasteiger partial charge is 0.393 e. The molecule has 0 fully saturated rings. The molecule has 1 atom stereocenters. The van der Waals surface area contributed by atoms with Crippen LogP contribution in [0.4, 0.5) is 0 Å². The molecule has 1 aromatic heterocycles. The quantitative estimate of drug-likeness (QED) is 0.652. The number of nitrogens with zero attached hydrogens (tertiary/aromatic N) is 1. The second-order valence-corrected chi connectivity index (χ2v) is 5.05. The molecule has 0 bridgehead atoms. The predicted molar refractivity (Wildman–Crippen MR) is 77.8 cm³/mol. The first-order valence-electron chi connectivity index (χ1n) is 5.90. The van der Waals surface area contributed by atoms with Crippen LogP contribution in [-0.4, -0.2) is 26.7 Å². The number of hydrogen-bond acceptors (Lipinski definition) is 4. The number of aliphatic carboxylic acids is 1. The molecule has 0 radical (unpaired) electrons. The van der Waals surface area contributed by atoms with Crippen molar-refractivity contribution in [3.05, 3.63) is 54.7 Å². The predicted octanol–water partition coefficient (Wildman–Crippen LogP) is 3.12. The topological polar surface area (TPSA) is 68.7 Å². The molecule has 0 aliphatic heterocycles. The molecule has 21 heavy (non-hydrogen) atoms. The third-order valence-electron chi connectivity index (χ3n) is 2.49. The zero-order chi connectivity index (χ0) is 15.3. The lowest BCUT2D eigenvalue weighted by Crippen LogP contribution is -2.55.